The van der Waals surface area contributed by atoms with E-state index in [1.54, 1.807) is 0 Å². The SMILES string of the molecule is CNCc1c(N2CCCC2CO)nc2ccccn12. The fourth-order valence-electron chi connectivity index (χ4n) is 2.90. The molecule has 0 spiro atoms. The van der Waals surface area contributed by atoms with E-state index in [4.69, 9.17) is 4.98 Å². The van der Waals surface area contributed by atoms with Crippen LogP contribution in [-0.4, -0.2) is 40.7 Å². The van der Waals surface area contributed by atoms with Crippen molar-refractivity contribution in [2.24, 2.45) is 0 Å². The minimum atomic E-state index is 0.201. The van der Waals surface area contributed by atoms with E-state index in [1.807, 2.05) is 31.4 Å². The molecule has 1 fully saturated rings. The van der Waals surface area contributed by atoms with Crippen LogP contribution in [0.25, 0.3) is 5.65 Å². The molecule has 0 amide bonds. The minimum absolute atomic E-state index is 0.201. The van der Waals surface area contributed by atoms with E-state index >= 15 is 0 Å². The van der Waals surface area contributed by atoms with E-state index in [2.05, 4.69) is 14.6 Å². The first-order valence-corrected chi connectivity index (χ1v) is 6.83. The number of aliphatic hydroxyl groups excluding tert-OH is 1. The van der Waals surface area contributed by atoms with Gasteiger partial charge in [-0.15, -0.1) is 0 Å². The van der Waals surface area contributed by atoms with Gasteiger partial charge in [0.25, 0.3) is 0 Å². The van der Waals surface area contributed by atoms with Gasteiger partial charge in [0.2, 0.25) is 0 Å². The number of rotatable bonds is 4. The first-order valence-electron chi connectivity index (χ1n) is 6.83. The van der Waals surface area contributed by atoms with E-state index in [9.17, 15) is 5.11 Å². The molecule has 1 unspecified atom stereocenters. The average molecular weight is 260 g/mol. The highest BCUT2D eigenvalue weighted by atomic mass is 16.3. The van der Waals surface area contributed by atoms with Gasteiger partial charge >= 0.3 is 0 Å². The van der Waals surface area contributed by atoms with Crippen LogP contribution in [0.1, 0.15) is 18.5 Å². The Bertz CT molecular complexity index is 566. The number of nitrogens with one attached hydrogen (secondary N) is 1. The molecule has 3 heterocycles. The molecule has 0 radical (unpaired) electrons. The molecule has 0 aromatic carbocycles. The van der Waals surface area contributed by atoms with Crippen molar-refractivity contribution in [3.05, 3.63) is 30.1 Å². The number of aromatic nitrogens is 2. The summed E-state index contributed by atoms with van der Waals surface area (Å²) in [5.74, 6) is 1.01. The summed E-state index contributed by atoms with van der Waals surface area (Å²) in [6, 6.07) is 6.25. The molecule has 0 saturated carbocycles. The Kier molecular flexibility index (Phi) is 3.40. The number of aliphatic hydroxyl groups is 1. The van der Waals surface area contributed by atoms with Crippen LogP contribution < -0.4 is 10.2 Å². The van der Waals surface area contributed by atoms with Gasteiger partial charge in [-0.1, -0.05) is 6.07 Å². The Morgan fingerprint density at radius 2 is 2.37 bits per heavy atom. The van der Waals surface area contributed by atoms with Gasteiger partial charge in [0.05, 0.1) is 18.3 Å². The van der Waals surface area contributed by atoms with Gasteiger partial charge in [0.1, 0.15) is 5.65 Å². The van der Waals surface area contributed by atoms with Crippen LogP contribution in [0, 0.1) is 0 Å². The number of anilines is 1. The monoisotopic (exact) mass is 260 g/mol. The lowest BCUT2D eigenvalue weighted by molar-refractivity contribution is 0.266. The van der Waals surface area contributed by atoms with Crippen LogP contribution in [0.15, 0.2) is 24.4 Å². The van der Waals surface area contributed by atoms with Crippen molar-refractivity contribution in [1.29, 1.82) is 0 Å². The molecule has 5 heteroatoms. The fraction of sp³-hybridized carbons (Fsp3) is 0.500. The molecule has 3 rings (SSSR count). The van der Waals surface area contributed by atoms with E-state index in [0.717, 1.165) is 37.4 Å². The molecule has 1 saturated heterocycles. The Hall–Kier alpha value is -1.59. The first-order chi connectivity index (χ1) is 9.35. The molecule has 0 aliphatic carbocycles. The van der Waals surface area contributed by atoms with Crippen molar-refractivity contribution in [1.82, 2.24) is 14.7 Å². The van der Waals surface area contributed by atoms with E-state index in [1.165, 1.54) is 5.69 Å². The third kappa shape index (κ3) is 2.09. The quantitative estimate of drug-likeness (QED) is 0.861. The number of pyridine rings is 1. The van der Waals surface area contributed by atoms with Crippen LogP contribution in [0.4, 0.5) is 5.82 Å². The number of nitrogens with zero attached hydrogens (tertiary/aromatic N) is 3. The maximum absolute atomic E-state index is 9.50. The summed E-state index contributed by atoms with van der Waals surface area (Å²) in [6.07, 6.45) is 4.21. The number of imidazole rings is 1. The Morgan fingerprint density at radius 3 is 3.16 bits per heavy atom. The smallest absolute Gasteiger partial charge is 0.152 e. The summed E-state index contributed by atoms with van der Waals surface area (Å²) in [5, 5.41) is 12.7. The Labute approximate surface area is 112 Å². The molecule has 19 heavy (non-hydrogen) atoms. The average Bonchev–Trinajstić information content (AvgIpc) is 3.03. The third-order valence-electron chi connectivity index (χ3n) is 3.81. The summed E-state index contributed by atoms with van der Waals surface area (Å²) >= 11 is 0. The fourth-order valence-corrected chi connectivity index (χ4v) is 2.90. The zero-order valence-corrected chi connectivity index (χ0v) is 11.2. The molecular weight excluding hydrogens is 240 g/mol. The molecule has 1 aliphatic heterocycles. The summed E-state index contributed by atoms with van der Waals surface area (Å²) in [7, 11) is 1.94. The lowest BCUT2D eigenvalue weighted by atomic mass is 10.2. The maximum Gasteiger partial charge on any atom is 0.152 e. The molecule has 102 valence electrons. The van der Waals surface area contributed by atoms with Crippen molar-refractivity contribution >= 4 is 11.5 Å². The van der Waals surface area contributed by atoms with E-state index < -0.39 is 0 Å². The highest BCUT2D eigenvalue weighted by Crippen LogP contribution is 2.28. The summed E-state index contributed by atoms with van der Waals surface area (Å²) in [5.41, 5.74) is 2.13. The van der Waals surface area contributed by atoms with Crippen LogP contribution >= 0.6 is 0 Å². The van der Waals surface area contributed by atoms with Crippen molar-refractivity contribution < 1.29 is 5.11 Å². The molecule has 1 atom stereocenters. The van der Waals surface area contributed by atoms with E-state index in [0.29, 0.717) is 0 Å². The molecule has 0 bridgehead atoms. The normalized spacial score (nSPS) is 19.5. The van der Waals surface area contributed by atoms with Crippen LogP contribution in [0.5, 0.6) is 0 Å². The van der Waals surface area contributed by atoms with Crippen LogP contribution in [-0.2, 0) is 6.54 Å². The molecule has 2 aromatic heterocycles. The van der Waals surface area contributed by atoms with Crippen molar-refractivity contribution in [3.63, 3.8) is 0 Å². The van der Waals surface area contributed by atoms with Gasteiger partial charge in [-0.2, -0.15) is 0 Å². The van der Waals surface area contributed by atoms with Gasteiger partial charge < -0.3 is 19.7 Å². The van der Waals surface area contributed by atoms with Crippen LogP contribution in [0.3, 0.4) is 0 Å². The maximum atomic E-state index is 9.50. The number of fused-ring (bicyclic) bond motifs is 1. The summed E-state index contributed by atoms with van der Waals surface area (Å²) in [4.78, 5) is 7.00. The van der Waals surface area contributed by atoms with Gasteiger partial charge in [0, 0.05) is 19.3 Å². The highest BCUT2D eigenvalue weighted by Gasteiger charge is 2.28. The second-order valence-corrected chi connectivity index (χ2v) is 5.01. The molecule has 5 nitrogen and oxygen atoms in total. The molecule has 2 aromatic rings. The van der Waals surface area contributed by atoms with Crippen molar-refractivity contribution in [2.75, 3.05) is 25.1 Å². The lowest BCUT2D eigenvalue weighted by Crippen LogP contribution is -2.33. The third-order valence-corrected chi connectivity index (χ3v) is 3.81. The minimum Gasteiger partial charge on any atom is -0.394 e. The van der Waals surface area contributed by atoms with Gasteiger partial charge in [-0.05, 0) is 32.0 Å². The first kappa shape index (κ1) is 12.4. The highest BCUT2D eigenvalue weighted by molar-refractivity contribution is 5.57. The predicted molar refractivity (Wildman–Crippen MR) is 75.4 cm³/mol. The van der Waals surface area contributed by atoms with Gasteiger partial charge in [-0.25, -0.2) is 4.98 Å². The molecular formula is C14H20N4O. The van der Waals surface area contributed by atoms with Gasteiger partial charge in [0.15, 0.2) is 5.82 Å². The standard InChI is InChI=1S/C14H20N4O/c1-15-9-12-14(17-8-4-5-11(17)10-19)16-13-6-2-3-7-18(12)13/h2-3,6-7,11,15,19H,4-5,8-10H2,1H3. The Morgan fingerprint density at radius 1 is 1.47 bits per heavy atom. The number of hydrogen-bond donors (Lipinski definition) is 2. The zero-order valence-electron chi connectivity index (χ0n) is 11.2. The topological polar surface area (TPSA) is 52.8 Å². The summed E-state index contributed by atoms with van der Waals surface area (Å²) in [6.45, 7) is 1.95. The number of hydrogen-bond acceptors (Lipinski definition) is 4. The van der Waals surface area contributed by atoms with Crippen molar-refractivity contribution in [3.8, 4) is 0 Å². The summed E-state index contributed by atoms with van der Waals surface area (Å²) < 4.78 is 2.12. The molecule has 2 N–H and O–H groups in total. The zero-order chi connectivity index (χ0) is 13.2. The van der Waals surface area contributed by atoms with Crippen LogP contribution in [0.2, 0.25) is 0 Å². The molecule has 1 aliphatic rings. The largest absolute Gasteiger partial charge is 0.394 e. The van der Waals surface area contributed by atoms with Gasteiger partial charge in [-0.3, -0.25) is 0 Å². The van der Waals surface area contributed by atoms with Crippen molar-refractivity contribution in [2.45, 2.75) is 25.4 Å². The lowest BCUT2D eigenvalue weighted by Gasteiger charge is -2.24. The predicted octanol–water partition coefficient (Wildman–Crippen LogP) is 1.01. The van der Waals surface area contributed by atoms with E-state index in [-0.39, 0.29) is 12.6 Å². The second-order valence-electron chi connectivity index (χ2n) is 5.01. The Balaban J connectivity index is 2.08. The second kappa shape index (κ2) is 5.19.